The smallest absolute Gasteiger partial charge is 0.387 e. The number of nitrogen functional groups attached to an aromatic ring is 1. The van der Waals surface area contributed by atoms with E-state index in [9.17, 15) is 53.7 Å². The van der Waals surface area contributed by atoms with E-state index < -0.39 is 117 Å². The molecule has 3 fully saturated rings. The summed E-state index contributed by atoms with van der Waals surface area (Å²) < 4.78 is 76.7. The van der Waals surface area contributed by atoms with E-state index >= 15 is 0 Å². The largest absolute Gasteiger partial charge is 0.469 e. The van der Waals surface area contributed by atoms with Crippen LogP contribution in [0.2, 0.25) is 0 Å². The van der Waals surface area contributed by atoms with E-state index in [1.807, 2.05) is 0 Å². The maximum atomic E-state index is 11.4. The summed E-state index contributed by atoms with van der Waals surface area (Å²) in [7, 11) is -15.2. The van der Waals surface area contributed by atoms with Gasteiger partial charge in [-0.25, -0.2) is 28.6 Å². The number of aliphatic hydroxyl groups is 4. The normalized spacial score (nSPS) is 35.9. The number of nitrogens with two attached hydrogens (primary N) is 1. The van der Waals surface area contributed by atoms with Crippen molar-refractivity contribution in [3.8, 4) is 0 Å². The number of rotatable bonds is 14. The molecule has 0 radical (unpaired) electrons. The first kappa shape index (κ1) is 38.5. The second kappa shape index (κ2) is 14.7. The first-order chi connectivity index (χ1) is 22.7. The van der Waals surface area contributed by atoms with Gasteiger partial charge in [0, 0.05) is 0 Å². The van der Waals surface area contributed by atoms with E-state index in [1.165, 1.54) is 4.57 Å². The third kappa shape index (κ3) is 9.22. The van der Waals surface area contributed by atoms with Gasteiger partial charge in [-0.2, -0.15) is 0 Å². The predicted molar refractivity (Wildman–Crippen MR) is 149 cm³/mol. The highest BCUT2D eigenvalue weighted by Crippen LogP contribution is 2.43. The third-order valence-corrected chi connectivity index (χ3v) is 8.85. The van der Waals surface area contributed by atoms with Crippen molar-refractivity contribution in [2.24, 2.45) is 0 Å². The van der Waals surface area contributed by atoms with Gasteiger partial charge in [0.2, 0.25) is 0 Å². The Bertz CT molecular complexity index is 1600. The lowest BCUT2D eigenvalue weighted by atomic mass is 10.1. The molecular weight excluding hydrogens is 739 g/mol. The first-order valence-corrected chi connectivity index (χ1v) is 18.3. The Labute approximate surface area is 272 Å². The van der Waals surface area contributed by atoms with Gasteiger partial charge in [0.25, 0.3) is 0 Å². The molecule has 0 saturated carbocycles. The molecule has 2 aromatic heterocycles. The van der Waals surface area contributed by atoms with E-state index in [4.69, 9.17) is 39.2 Å². The Morgan fingerprint density at radius 3 is 1.73 bits per heavy atom. The summed E-state index contributed by atoms with van der Waals surface area (Å²) in [4.78, 5) is 66.7. The number of nitrogens with zero attached hydrogens (tertiary/aromatic N) is 4. The number of aromatic nitrogens is 4. The molecule has 49 heavy (non-hydrogen) atoms. The van der Waals surface area contributed by atoms with Gasteiger partial charge in [-0.15, -0.1) is 0 Å². The Kier molecular flexibility index (Phi) is 11.6. The minimum atomic E-state index is -5.12. The maximum Gasteiger partial charge on any atom is 0.469 e. The SMILES string of the molecule is Nc1ncnc2c1ncn2[C@@H]1O[C@H](COP(=O)(O)O)[C@@H](O)[C@H]1O[C@H]1O[C@H](COP(=O)(O)O)[C@@H](O)[C@H]1O[C@H]1O[C@H](COP(=O)(O)O)[C@@H](O)[C@H]1O. The highest BCUT2D eigenvalue weighted by molar-refractivity contribution is 7.46. The summed E-state index contributed by atoms with van der Waals surface area (Å²) in [5.41, 5.74) is 5.99. The molecule has 5 rings (SSSR count). The zero-order valence-corrected chi connectivity index (χ0v) is 27.1. The average Bonchev–Trinajstić information content (AvgIpc) is 3.71. The van der Waals surface area contributed by atoms with E-state index in [-0.39, 0.29) is 17.0 Å². The Morgan fingerprint density at radius 1 is 0.673 bits per heavy atom. The quantitative estimate of drug-likeness (QED) is 0.0804. The first-order valence-electron chi connectivity index (χ1n) is 13.8. The highest BCUT2D eigenvalue weighted by Gasteiger charge is 2.55. The van der Waals surface area contributed by atoms with Crippen molar-refractivity contribution in [3.63, 3.8) is 0 Å². The molecule has 12 N–H and O–H groups in total. The average molecular weight is 771 g/mol. The summed E-state index contributed by atoms with van der Waals surface area (Å²) in [5, 5.41) is 43.1. The second-order valence-electron chi connectivity index (χ2n) is 10.8. The fourth-order valence-electron chi connectivity index (χ4n) is 5.16. The number of phosphoric acid groups is 3. The lowest BCUT2D eigenvalue weighted by molar-refractivity contribution is -0.265. The fourth-order valence-corrected chi connectivity index (χ4v) is 6.19. The maximum absolute atomic E-state index is 11.4. The molecular formula is C20H32N5O21P3. The molecule has 0 spiro atoms. The van der Waals surface area contributed by atoms with Crippen LogP contribution in [0.3, 0.4) is 0 Å². The van der Waals surface area contributed by atoms with Crippen molar-refractivity contribution < 1.29 is 101 Å². The monoisotopic (exact) mass is 771 g/mol. The number of anilines is 1. The summed E-state index contributed by atoms with van der Waals surface area (Å²) in [6, 6.07) is 0. The van der Waals surface area contributed by atoms with Crippen LogP contribution in [0.4, 0.5) is 5.82 Å². The Balaban J connectivity index is 1.43. The second-order valence-corrected chi connectivity index (χ2v) is 14.5. The number of hydrogen-bond donors (Lipinski definition) is 11. The van der Waals surface area contributed by atoms with E-state index in [0.717, 1.165) is 12.7 Å². The minimum Gasteiger partial charge on any atom is -0.387 e. The molecule has 0 unspecified atom stereocenters. The van der Waals surface area contributed by atoms with E-state index in [2.05, 4.69) is 28.5 Å². The van der Waals surface area contributed by atoms with Crippen LogP contribution in [0, 0.1) is 0 Å². The van der Waals surface area contributed by atoms with E-state index in [1.54, 1.807) is 0 Å². The standard InChI is InChI=1S/C20H32N5O21P3/c21-16-9-17(23-4-22-16)25(5-24-9)18-14(11(27)7(42-18)2-40-48(33,34)35)45-20-15(12(28)8(44-20)3-41-49(36,37)38)46-19-13(29)10(26)6(43-19)1-39-47(30,31)32/h4-8,10-15,18-20,26-29H,1-3H2,(H2,21,22,23)(H2,30,31,32)(H2,33,34,35)(H2,36,37,38)/t6-,7-,8-,10-,11-,12-,13-,14-,15-,18-,19-,20-/m1/s1. The lowest BCUT2D eigenvalue weighted by Gasteiger charge is -2.29. The summed E-state index contributed by atoms with van der Waals surface area (Å²) >= 11 is 0. The van der Waals surface area contributed by atoms with Crippen LogP contribution < -0.4 is 5.73 Å². The number of aliphatic hydroxyl groups excluding tert-OH is 4. The zero-order valence-electron chi connectivity index (χ0n) is 24.4. The van der Waals surface area contributed by atoms with Crippen LogP contribution in [0.5, 0.6) is 0 Å². The van der Waals surface area contributed by atoms with Gasteiger partial charge in [0.1, 0.15) is 66.8 Å². The molecule has 0 bridgehead atoms. The van der Waals surface area contributed by atoms with Gasteiger partial charge >= 0.3 is 23.5 Å². The Hall–Kier alpha value is -1.68. The van der Waals surface area contributed by atoms with Gasteiger partial charge < -0.3 is 79.2 Å². The van der Waals surface area contributed by atoms with Gasteiger partial charge in [-0.3, -0.25) is 18.1 Å². The highest BCUT2D eigenvalue weighted by atomic mass is 31.2. The number of hydrogen-bond acceptors (Lipinski definition) is 19. The van der Waals surface area contributed by atoms with Gasteiger partial charge in [0.15, 0.2) is 30.3 Å². The molecule has 29 heteroatoms. The van der Waals surface area contributed by atoms with Crippen LogP contribution in [0.15, 0.2) is 12.7 Å². The van der Waals surface area contributed by atoms with Crippen LogP contribution in [0.1, 0.15) is 6.23 Å². The molecule has 0 aromatic carbocycles. The molecule has 12 atom stereocenters. The molecule has 3 aliphatic rings. The third-order valence-electron chi connectivity index (χ3n) is 7.39. The number of phosphoric ester groups is 3. The Morgan fingerprint density at radius 2 is 1.16 bits per heavy atom. The molecule has 278 valence electrons. The molecule has 3 aliphatic heterocycles. The van der Waals surface area contributed by atoms with E-state index in [0.29, 0.717) is 0 Å². The molecule has 2 aromatic rings. The van der Waals surface area contributed by atoms with Gasteiger partial charge in [0.05, 0.1) is 26.1 Å². The summed E-state index contributed by atoms with van der Waals surface area (Å²) in [6.45, 7) is -2.76. The summed E-state index contributed by atoms with van der Waals surface area (Å²) in [5.74, 6) is -0.0495. The van der Waals surface area contributed by atoms with Crippen LogP contribution in [-0.4, -0.2) is 157 Å². The van der Waals surface area contributed by atoms with Crippen LogP contribution in [-0.2, 0) is 51.0 Å². The van der Waals surface area contributed by atoms with Crippen LogP contribution in [0.25, 0.3) is 11.2 Å². The molecule has 0 amide bonds. The van der Waals surface area contributed by atoms with Crippen molar-refractivity contribution in [2.45, 2.75) is 73.7 Å². The number of fused-ring (bicyclic) bond motifs is 1. The predicted octanol–water partition coefficient (Wildman–Crippen LogP) is -4.70. The zero-order chi connectivity index (χ0) is 36.1. The minimum absolute atomic E-state index is 0.0444. The lowest BCUT2D eigenvalue weighted by Crippen LogP contribution is -2.46. The van der Waals surface area contributed by atoms with Crippen molar-refractivity contribution in [2.75, 3.05) is 25.6 Å². The van der Waals surface area contributed by atoms with Crippen molar-refractivity contribution >= 4 is 40.4 Å². The van der Waals surface area contributed by atoms with Crippen molar-refractivity contribution in [1.29, 1.82) is 0 Å². The molecule has 5 heterocycles. The van der Waals surface area contributed by atoms with Crippen LogP contribution >= 0.6 is 23.5 Å². The number of imidazole rings is 1. The number of ether oxygens (including phenoxy) is 5. The molecule has 3 saturated heterocycles. The molecule has 26 nitrogen and oxygen atoms in total. The van der Waals surface area contributed by atoms with Gasteiger partial charge in [-0.05, 0) is 0 Å². The van der Waals surface area contributed by atoms with Crippen molar-refractivity contribution in [1.82, 2.24) is 19.5 Å². The van der Waals surface area contributed by atoms with Gasteiger partial charge in [-0.1, -0.05) is 0 Å². The van der Waals surface area contributed by atoms with Crippen molar-refractivity contribution in [3.05, 3.63) is 12.7 Å². The fraction of sp³-hybridized carbons (Fsp3) is 0.750. The topological polar surface area (TPSA) is 397 Å². The molecule has 0 aliphatic carbocycles. The summed E-state index contributed by atoms with van der Waals surface area (Å²) in [6.07, 6.45) is -18.5.